The van der Waals surface area contributed by atoms with Crippen molar-refractivity contribution in [2.75, 3.05) is 11.9 Å². The summed E-state index contributed by atoms with van der Waals surface area (Å²) in [4.78, 5) is 12.0. The first kappa shape index (κ1) is 13.1. The second kappa shape index (κ2) is 5.98. The molecule has 2 N–H and O–H groups in total. The van der Waals surface area contributed by atoms with E-state index in [1.807, 2.05) is 18.2 Å². The maximum atomic E-state index is 12.0. The molecule has 0 bridgehead atoms. The molecule has 1 aromatic rings. The van der Waals surface area contributed by atoms with Crippen molar-refractivity contribution in [3.05, 3.63) is 29.8 Å². The van der Waals surface area contributed by atoms with E-state index in [9.17, 15) is 9.90 Å². The van der Waals surface area contributed by atoms with E-state index >= 15 is 0 Å². The molecule has 4 nitrogen and oxygen atoms in total. The van der Waals surface area contributed by atoms with Gasteiger partial charge in [0.2, 0.25) is 0 Å². The van der Waals surface area contributed by atoms with E-state index in [0.29, 0.717) is 12.3 Å². The summed E-state index contributed by atoms with van der Waals surface area (Å²) in [6.45, 7) is 2.33. The van der Waals surface area contributed by atoms with E-state index in [2.05, 4.69) is 5.32 Å². The molecule has 98 valence electrons. The van der Waals surface area contributed by atoms with Gasteiger partial charge in [-0.2, -0.15) is 0 Å². The van der Waals surface area contributed by atoms with Crippen molar-refractivity contribution in [3.63, 3.8) is 0 Å². The number of aliphatic hydroxyl groups excluding tert-OH is 1. The fourth-order valence-electron chi connectivity index (χ4n) is 2.14. The van der Waals surface area contributed by atoms with Gasteiger partial charge in [0.1, 0.15) is 6.10 Å². The number of nitrogens with one attached hydrogen (secondary N) is 1. The molecule has 0 aromatic heterocycles. The monoisotopic (exact) mass is 249 g/mol. The Labute approximate surface area is 107 Å². The summed E-state index contributed by atoms with van der Waals surface area (Å²) in [5, 5.41) is 12.5. The zero-order valence-corrected chi connectivity index (χ0v) is 10.6. The molecule has 0 saturated carbocycles. The van der Waals surface area contributed by atoms with Crippen LogP contribution in [0.25, 0.3) is 0 Å². The lowest BCUT2D eigenvalue weighted by atomic mass is 10.1. The summed E-state index contributed by atoms with van der Waals surface area (Å²) in [6, 6.07) is 7.28. The maximum absolute atomic E-state index is 12.0. The van der Waals surface area contributed by atoms with E-state index < -0.39 is 6.10 Å². The molecule has 1 amide bonds. The molecule has 0 aliphatic carbocycles. The van der Waals surface area contributed by atoms with Gasteiger partial charge in [-0.1, -0.05) is 18.2 Å². The number of hydrogen-bond donors (Lipinski definition) is 2. The van der Waals surface area contributed by atoms with Gasteiger partial charge in [0, 0.05) is 17.9 Å². The van der Waals surface area contributed by atoms with Crippen molar-refractivity contribution < 1.29 is 14.6 Å². The second-order valence-corrected chi connectivity index (χ2v) is 4.61. The van der Waals surface area contributed by atoms with Crippen molar-refractivity contribution in [2.24, 2.45) is 0 Å². The molecule has 2 atom stereocenters. The smallest absolute Gasteiger partial charge is 0.253 e. The summed E-state index contributed by atoms with van der Waals surface area (Å²) in [5.74, 6) is -0.122. The minimum atomic E-state index is -0.603. The van der Waals surface area contributed by atoms with Crippen LogP contribution in [0, 0.1) is 0 Å². The van der Waals surface area contributed by atoms with Crippen LogP contribution in [0.4, 0.5) is 5.69 Å². The number of carbonyl (C=O) groups is 1. The van der Waals surface area contributed by atoms with Crippen LogP contribution in [0.5, 0.6) is 0 Å². The minimum Gasteiger partial charge on any atom is -0.389 e. The molecule has 1 aliphatic heterocycles. The Morgan fingerprint density at radius 3 is 2.89 bits per heavy atom. The van der Waals surface area contributed by atoms with E-state index in [-0.39, 0.29) is 12.0 Å². The van der Waals surface area contributed by atoms with Gasteiger partial charge in [-0.25, -0.2) is 0 Å². The summed E-state index contributed by atoms with van der Waals surface area (Å²) in [6.07, 6.45) is 1.85. The Kier molecular flexibility index (Phi) is 4.33. The van der Waals surface area contributed by atoms with Gasteiger partial charge in [0.25, 0.3) is 5.91 Å². The molecule has 1 aromatic carbocycles. The summed E-state index contributed by atoms with van der Waals surface area (Å²) in [5.41, 5.74) is 1.38. The van der Waals surface area contributed by atoms with Gasteiger partial charge in [-0.05, 0) is 32.3 Å². The Morgan fingerprint density at radius 2 is 2.22 bits per heavy atom. The number of anilines is 1. The first-order chi connectivity index (χ1) is 8.68. The fourth-order valence-corrected chi connectivity index (χ4v) is 2.14. The summed E-state index contributed by atoms with van der Waals surface area (Å²) >= 11 is 0. The molecule has 1 saturated heterocycles. The Balaban J connectivity index is 2.06. The average Bonchev–Trinajstić information content (AvgIpc) is 2.40. The Bertz CT molecular complexity index is 411. The van der Waals surface area contributed by atoms with Gasteiger partial charge in [-0.3, -0.25) is 4.79 Å². The molecule has 1 heterocycles. The number of rotatable bonds is 3. The maximum Gasteiger partial charge on any atom is 0.253 e. The van der Waals surface area contributed by atoms with Gasteiger partial charge in [0.15, 0.2) is 0 Å². The van der Waals surface area contributed by atoms with Crippen molar-refractivity contribution >= 4 is 11.6 Å². The lowest BCUT2D eigenvalue weighted by molar-refractivity contribution is -0.129. The van der Waals surface area contributed by atoms with Crippen LogP contribution < -0.4 is 5.32 Å². The summed E-state index contributed by atoms with van der Waals surface area (Å²) in [7, 11) is 0. The number of amides is 1. The molecule has 2 unspecified atom stereocenters. The lowest BCUT2D eigenvalue weighted by Gasteiger charge is -2.22. The van der Waals surface area contributed by atoms with E-state index in [1.54, 1.807) is 13.0 Å². The number of aliphatic hydroxyl groups is 1. The van der Waals surface area contributed by atoms with Crippen molar-refractivity contribution in [3.8, 4) is 0 Å². The van der Waals surface area contributed by atoms with E-state index in [0.717, 1.165) is 24.8 Å². The van der Waals surface area contributed by atoms with Crippen LogP contribution in [0.3, 0.4) is 0 Å². The summed E-state index contributed by atoms with van der Waals surface area (Å²) < 4.78 is 5.44. The van der Waals surface area contributed by atoms with E-state index in [4.69, 9.17) is 4.74 Å². The zero-order chi connectivity index (χ0) is 13.0. The highest BCUT2D eigenvalue weighted by molar-refractivity contribution is 5.94. The minimum absolute atomic E-state index is 0.122. The third-order valence-electron chi connectivity index (χ3n) is 3.14. The standard InChI is InChI=1S/C14H19NO3/c1-10(16)11-6-2-3-7-12(11)15-14(17)13-8-4-5-9-18-13/h2-3,6-7,10,13,16H,4-5,8-9H2,1H3,(H,15,17). The number of benzene rings is 1. The molecular weight excluding hydrogens is 230 g/mol. The molecule has 0 spiro atoms. The van der Waals surface area contributed by atoms with Crippen LogP contribution in [-0.2, 0) is 9.53 Å². The van der Waals surface area contributed by atoms with Crippen LogP contribution in [0.2, 0.25) is 0 Å². The number of hydrogen-bond acceptors (Lipinski definition) is 3. The number of para-hydroxylation sites is 1. The predicted molar refractivity (Wildman–Crippen MR) is 69.3 cm³/mol. The number of carbonyl (C=O) groups excluding carboxylic acids is 1. The highest BCUT2D eigenvalue weighted by Crippen LogP contribution is 2.23. The van der Waals surface area contributed by atoms with Gasteiger partial charge in [-0.15, -0.1) is 0 Å². The SMILES string of the molecule is CC(O)c1ccccc1NC(=O)C1CCCCO1. The van der Waals surface area contributed by atoms with Crippen molar-refractivity contribution in [1.29, 1.82) is 0 Å². The highest BCUT2D eigenvalue weighted by Gasteiger charge is 2.22. The van der Waals surface area contributed by atoms with Crippen LogP contribution in [0.1, 0.15) is 37.9 Å². The predicted octanol–water partition coefficient (Wildman–Crippen LogP) is 2.25. The lowest BCUT2D eigenvalue weighted by Crippen LogP contribution is -2.33. The van der Waals surface area contributed by atoms with Crippen LogP contribution in [-0.4, -0.2) is 23.7 Å². The average molecular weight is 249 g/mol. The van der Waals surface area contributed by atoms with Crippen molar-refractivity contribution in [1.82, 2.24) is 0 Å². The largest absolute Gasteiger partial charge is 0.389 e. The normalized spacial score (nSPS) is 21.3. The Morgan fingerprint density at radius 1 is 1.44 bits per heavy atom. The zero-order valence-electron chi connectivity index (χ0n) is 10.6. The Hall–Kier alpha value is -1.39. The first-order valence-corrected chi connectivity index (χ1v) is 6.38. The fraction of sp³-hybridized carbons (Fsp3) is 0.500. The van der Waals surface area contributed by atoms with Gasteiger partial charge < -0.3 is 15.2 Å². The molecule has 2 rings (SSSR count). The molecule has 1 aliphatic rings. The van der Waals surface area contributed by atoms with Crippen molar-refractivity contribution in [2.45, 2.75) is 38.4 Å². The molecule has 0 radical (unpaired) electrons. The first-order valence-electron chi connectivity index (χ1n) is 6.38. The van der Waals surface area contributed by atoms with Gasteiger partial charge >= 0.3 is 0 Å². The third kappa shape index (κ3) is 3.09. The number of ether oxygens (including phenoxy) is 1. The second-order valence-electron chi connectivity index (χ2n) is 4.61. The molecule has 4 heteroatoms. The van der Waals surface area contributed by atoms with Gasteiger partial charge in [0.05, 0.1) is 6.10 Å². The quantitative estimate of drug-likeness (QED) is 0.863. The molecule has 18 heavy (non-hydrogen) atoms. The third-order valence-corrected chi connectivity index (χ3v) is 3.14. The van der Waals surface area contributed by atoms with Crippen LogP contribution >= 0.6 is 0 Å². The molecule has 1 fully saturated rings. The highest BCUT2D eigenvalue weighted by atomic mass is 16.5. The molecular formula is C14H19NO3. The van der Waals surface area contributed by atoms with Crippen LogP contribution in [0.15, 0.2) is 24.3 Å². The topological polar surface area (TPSA) is 58.6 Å². The van der Waals surface area contributed by atoms with E-state index in [1.165, 1.54) is 0 Å².